The molecule has 1 aromatic carbocycles. The SMILES string of the molecule is CCNC(=NCCc1c(OC)cc(OC)cc1OC)NC1CCN(c2cccs2)CC1.I. The van der Waals surface area contributed by atoms with Gasteiger partial charge in [-0.25, -0.2) is 0 Å². The molecule has 0 saturated carbocycles. The first-order valence-electron chi connectivity index (χ1n) is 10.8. The molecule has 0 unspecified atom stereocenters. The van der Waals surface area contributed by atoms with Crippen LogP contribution in [-0.4, -0.2) is 59.5 Å². The van der Waals surface area contributed by atoms with Crippen LogP contribution >= 0.6 is 35.3 Å². The number of ether oxygens (including phenoxy) is 3. The average molecular weight is 575 g/mol. The molecule has 1 aliphatic rings. The van der Waals surface area contributed by atoms with E-state index in [4.69, 9.17) is 19.2 Å². The number of nitrogens with one attached hydrogen (secondary N) is 2. The third-order valence-electron chi connectivity index (χ3n) is 5.45. The Morgan fingerprint density at radius 1 is 1.12 bits per heavy atom. The summed E-state index contributed by atoms with van der Waals surface area (Å²) in [5.74, 6) is 3.09. The van der Waals surface area contributed by atoms with E-state index in [1.54, 1.807) is 21.3 Å². The van der Waals surface area contributed by atoms with Crippen LogP contribution in [0.3, 0.4) is 0 Å². The van der Waals surface area contributed by atoms with E-state index in [9.17, 15) is 0 Å². The van der Waals surface area contributed by atoms with Crippen LogP contribution < -0.4 is 29.7 Å². The van der Waals surface area contributed by atoms with Crippen LogP contribution in [0.25, 0.3) is 0 Å². The van der Waals surface area contributed by atoms with Crippen molar-refractivity contribution in [1.82, 2.24) is 10.6 Å². The maximum atomic E-state index is 5.55. The van der Waals surface area contributed by atoms with Crippen molar-refractivity contribution in [3.05, 3.63) is 35.2 Å². The lowest BCUT2D eigenvalue weighted by atomic mass is 10.1. The molecule has 0 aliphatic carbocycles. The molecule has 0 bridgehead atoms. The van der Waals surface area contributed by atoms with Gasteiger partial charge in [-0.2, -0.15) is 0 Å². The second kappa shape index (κ2) is 13.6. The van der Waals surface area contributed by atoms with E-state index in [2.05, 4.69) is 40.0 Å². The summed E-state index contributed by atoms with van der Waals surface area (Å²) in [7, 11) is 4.96. The van der Waals surface area contributed by atoms with E-state index < -0.39 is 0 Å². The zero-order chi connectivity index (χ0) is 22.1. The first-order valence-corrected chi connectivity index (χ1v) is 11.7. The highest BCUT2D eigenvalue weighted by Crippen LogP contribution is 2.34. The van der Waals surface area contributed by atoms with Crippen molar-refractivity contribution in [2.45, 2.75) is 32.2 Å². The second-order valence-electron chi connectivity index (χ2n) is 7.38. The Morgan fingerprint density at radius 2 is 1.81 bits per heavy atom. The van der Waals surface area contributed by atoms with Gasteiger partial charge in [0.2, 0.25) is 0 Å². The summed E-state index contributed by atoms with van der Waals surface area (Å²) >= 11 is 1.81. The zero-order valence-corrected chi connectivity index (χ0v) is 22.5. The Balaban J connectivity index is 0.00000363. The summed E-state index contributed by atoms with van der Waals surface area (Å²) in [5.41, 5.74) is 0.995. The molecular formula is C23H35IN4O3S. The van der Waals surface area contributed by atoms with Crippen LogP contribution in [0, 0.1) is 0 Å². The molecule has 1 aromatic heterocycles. The number of halogens is 1. The van der Waals surface area contributed by atoms with E-state index in [1.165, 1.54) is 5.00 Å². The summed E-state index contributed by atoms with van der Waals surface area (Å²) in [6, 6.07) is 8.51. The minimum absolute atomic E-state index is 0. The van der Waals surface area contributed by atoms with Gasteiger partial charge >= 0.3 is 0 Å². The average Bonchev–Trinajstić information content (AvgIpc) is 3.34. The van der Waals surface area contributed by atoms with E-state index in [0.717, 1.165) is 55.5 Å². The smallest absolute Gasteiger partial charge is 0.191 e. The molecule has 2 heterocycles. The molecular weight excluding hydrogens is 539 g/mol. The van der Waals surface area contributed by atoms with Crippen molar-refractivity contribution in [3.8, 4) is 17.2 Å². The fourth-order valence-corrected chi connectivity index (χ4v) is 4.60. The lowest BCUT2D eigenvalue weighted by Crippen LogP contribution is -2.48. The largest absolute Gasteiger partial charge is 0.496 e. The molecule has 0 radical (unpaired) electrons. The normalized spacial score (nSPS) is 14.5. The first-order chi connectivity index (χ1) is 15.2. The molecule has 3 rings (SSSR count). The van der Waals surface area contributed by atoms with Gasteiger partial charge in [-0.05, 0) is 43.7 Å². The van der Waals surface area contributed by atoms with Crippen LogP contribution in [0.5, 0.6) is 17.2 Å². The third-order valence-corrected chi connectivity index (χ3v) is 6.38. The lowest BCUT2D eigenvalue weighted by molar-refractivity contribution is 0.369. The summed E-state index contributed by atoms with van der Waals surface area (Å²) in [4.78, 5) is 7.27. The molecule has 1 saturated heterocycles. The van der Waals surface area contributed by atoms with Crippen molar-refractivity contribution in [2.75, 3.05) is 52.4 Å². The summed E-state index contributed by atoms with van der Waals surface area (Å²) in [6.45, 7) is 5.68. The van der Waals surface area contributed by atoms with Gasteiger partial charge in [0, 0.05) is 49.9 Å². The molecule has 9 heteroatoms. The number of rotatable bonds is 9. The van der Waals surface area contributed by atoms with E-state index in [-0.39, 0.29) is 24.0 Å². The predicted molar refractivity (Wildman–Crippen MR) is 144 cm³/mol. The standard InChI is InChI=1S/C23H34N4O3S.HI/c1-5-24-23(26-17-9-12-27(13-10-17)22-7-6-14-31-22)25-11-8-19-20(29-3)15-18(28-2)16-21(19)30-4;/h6-7,14-17H,5,8-13H2,1-4H3,(H2,24,25,26);1H. The van der Waals surface area contributed by atoms with Gasteiger partial charge < -0.3 is 29.7 Å². The maximum absolute atomic E-state index is 5.55. The van der Waals surface area contributed by atoms with Crippen LogP contribution in [0.2, 0.25) is 0 Å². The van der Waals surface area contributed by atoms with Gasteiger partial charge in [-0.15, -0.1) is 35.3 Å². The van der Waals surface area contributed by atoms with Gasteiger partial charge in [0.15, 0.2) is 5.96 Å². The fourth-order valence-electron chi connectivity index (χ4n) is 3.81. The number of hydrogen-bond donors (Lipinski definition) is 2. The highest BCUT2D eigenvalue weighted by molar-refractivity contribution is 14.0. The Morgan fingerprint density at radius 3 is 2.34 bits per heavy atom. The first kappa shape index (κ1) is 26.4. The van der Waals surface area contributed by atoms with Crippen molar-refractivity contribution in [3.63, 3.8) is 0 Å². The number of guanidine groups is 1. The molecule has 2 N–H and O–H groups in total. The minimum Gasteiger partial charge on any atom is -0.496 e. The van der Waals surface area contributed by atoms with Crippen molar-refractivity contribution in [2.24, 2.45) is 4.99 Å². The molecule has 7 nitrogen and oxygen atoms in total. The number of aliphatic imine (C=N–C) groups is 1. The van der Waals surface area contributed by atoms with Crippen LogP contribution in [0.1, 0.15) is 25.3 Å². The number of methoxy groups -OCH3 is 3. The van der Waals surface area contributed by atoms with Crippen LogP contribution in [0.4, 0.5) is 5.00 Å². The molecule has 32 heavy (non-hydrogen) atoms. The van der Waals surface area contributed by atoms with E-state index in [1.807, 2.05) is 23.5 Å². The zero-order valence-electron chi connectivity index (χ0n) is 19.3. The fraction of sp³-hybridized carbons (Fsp3) is 0.522. The highest BCUT2D eigenvalue weighted by Gasteiger charge is 2.21. The summed E-state index contributed by atoms with van der Waals surface area (Å²) < 4.78 is 16.4. The molecule has 0 atom stereocenters. The molecule has 1 fully saturated rings. The Hall–Kier alpha value is -1.88. The van der Waals surface area contributed by atoms with Crippen LogP contribution in [0.15, 0.2) is 34.6 Å². The van der Waals surface area contributed by atoms with Gasteiger partial charge in [0.1, 0.15) is 17.2 Å². The molecule has 0 amide bonds. The van der Waals surface area contributed by atoms with E-state index >= 15 is 0 Å². The number of nitrogens with zero attached hydrogens (tertiary/aromatic N) is 2. The van der Waals surface area contributed by atoms with Crippen LogP contribution in [-0.2, 0) is 6.42 Å². The number of anilines is 1. The number of thiophene rings is 1. The van der Waals surface area contributed by atoms with Gasteiger partial charge in [-0.3, -0.25) is 4.99 Å². The monoisotopic (exact) mass is 574 g/mol. The molecule has 178 valence electrons. The molecule has 1 aliphatic heterocycles. The van der Waals surface area contributed by atoms with Gasteiger partial charge in [0.25, 0.3) is 0 Å². The van der Waals surface area contributed by atoms with Gasteiger partial charge in [0.05, 0.1) is 26.3 Å². The Labute approximate surface area is 212 Å². The molecule has 2 aromatic rings. The quantitative estimate of drug-likeness (QED) is 0.267. The Bertz CT molecular complexity index is 815. The number of piperidine rings is 1. The van der Waals surface area contributed by atoms with Crippen molar-refractivity contribution in [1.29, 1.82) is 0 Å². The highest BCUT2D eigenvalue weighted by atomic mass is 127. The topological polar surface area (TPSA) is 67.4 Å². The Kier molecular flexibility index (Phi) is 11.2. The van der Waals surface area contributed by atoms with Gasteiger partial charge in [-0.1, -0.05) is 0 Å². The maximum Gasteiger partial charge on any atom is 0.191 e. The van der Waals surface area contributed by atoms with Crippen molar-refractivity contribution >= 4 is 46.3 Å². The third kappa shape index (κ3) is 7.06. The number of hydrogen-bond acceptors (Lipinski definition) is 6. The summed E-state index contributed by atoms with van der Waals surface area (Å²) in [6.07, 6.45) is 2.91. The summed E-state index contributed by atoms with van der Waals surface area (Å²) in [5, 5.41) is 10.5. The predicted octanol–water partition coefficient (Wildman–Crippen LogP) is 4.16. The second-order valence-corrected chi connectivity index (χ2v) is 8.30. The minimum atomic E-state index is 0. The molecule has 0 spiro atoms. The number of benzene rings is 1. The van der Waals surface area contributed by atoms with Crippen molar-refractivity contribution < 1.29 is 14.2 Å². The lowest BCUT2D eigenvalue weighted by Gasteiger charge is -2.33. The van der Waals surface area contributed by atoms with E-state index in [0.29, 0.717) is 24.8 Å².